The highest BCUT2D eigenvalue weighted by Gasteiger charge is 2.54. The Hall–Kier alpha value is -3.20. The number of rotatable bonds is 9. The number of aliphatic hydroxyl groups is 1. The number of ether oxygens (including phenoxy) is 3. The highest BCUT2D eigenvalue weighted by atomic mass is 79.9. The minimum atomic E-state index is -1.18. The van der Waals surface area contributed by atoms with Gasteiger partial charge in [0.1, 0.15) is 5.75 Å². The van der Waals surface area contributed by atoms with E-state index in [2.05, 4.69) is 15.9 Å². The van der Waals surface area contributed by atoms with Gasteiger partial charge in [-0.05, 0) is 47.5 Å². The Morgan fingerprint density at radius 1 is 1.03 bits per heavy atom. The molecule has 0 unspecified atom stereocenters. The molecule has 38 heavy (non-hydrogen) atoms. The second kappa shape index (κ2) is 12.1. The lowest BCUT2D eigenvalue weighted by atomic mass is 9.81. The van der Waals surface area contributed by atoms with Crippen LogP contribution in [0.2, 0.25) is 0 Å². The van der Waals surface area contributed by atoms with E-state index >= 15 is 0 Å². The maximum absolute atomic E-state index is 14.4. The molecule has 0 aromatic heterocycles. The molecule has 8 heteroatoms. The van der Waals surface area contributed by atoms with Gasteiger partial charge in [-0.15, -0.1) is 0 Å². The summed E-state index contributed by atoms with van der Waals surface area (Å²) in [5, 5.41) is 9.01. The van der Waals surface area contributed by atoms with Gasteiger partial charge in [0.2, 0.25) is 5.90 Å². The fourth-order valence-corrected chi connectivity index (χ4v) is 5.11. The molecule has 0 spiro atoms. The maximum atomic E-state index is 14.4. The number of benzene rings is 3. The number of nitrogens with zero attached hydrogens (tertiary/aromatic N) is 2. The molecule has 3 aromatic rings. The lowest BCUT2D eigenvalue weighted by molar-refractivity contribution is -0.143. The molecule has 5 rings (SSSR count). The number of aliphatic imine (C=N–C) groups is 1. The first-order valence-electron chi connectivity index (χ1n) is 12.9. The van der Waals surface area contributed by atoms with E-state index in [0.717, 1.165) is 21.2 Å². The van der Waals surface area contributed by atoms with E-state index in [-0.39, 0.29) is 12.5 Å². The molecule has 0 radical (unpaired) electrons. The van der Waals surface area contributed by atoms with E-state index < -0.39 is 11.6 Å². The lowest BCUT2D eigenvalue weighted by Gasteiger charge is -2.37. The van der Waals surface area contributed by atoms with Crippen LogP contribution in [-0.4, -0.2) is 66.9 Å². The second-order valence-corrected chi connectivity index (χ2v) is 10.3. The summed E-state index contributed by atoms with van der Waals surface area (Å²) in [6, 6.07) is 25.4. The van der Waals surface area contributed by atoms with Crippen LogP contribution in [-0.2, 0) is 20.7 Å². The molecule has 7 nitrogen and oxygen atoms in total. The van der Waals surface area contributed by atoms with Crippen LogP contribution in [0.5, 0.6) is 5.75 Å². The van der Waals surface area contributed by atoms with Crippen molar-refractivity contribution < 1.29 is 24.1 Å². The predicted molar refractivity (Wildman–Crippen MR) is 148 cm³/mol. The topological polar surface area (TPSA) is 80.6 Å². The molecule has 2 aliphatic rings. The van der Waals surface area contributed by atoms with Crippen molar-refractivity contribution in [2.75, 3.05) is 39.5 Å². The number of carbonyl (C=O) groups is 1. The molecule has 2 atom stereocenters. The van der Waals surface area contributed by atoms with Crippen molar-refractivity contribution in [2.45, 2.75) is 24.5 Å². The van der Waals surface area contributed by atoms with Gasteiger partial charge in [-0.1, -0.05) is 58.4 Å². The summed E-state index contributed by atoms with van der Waals surface area (Å²) in [6.45, 7) is 2.58. The van der Waals surface area contributed by atoms with Crippen molar-refractivity contribution in [1.29, 1.82) is 0 Å². The van der Waals surface area contributed by atoms with Gasteiger partial charge in [-0.3, -0.25) is 4.79 Å². The number of hydrogen-bond donors (Lipinski definition) is 1. The van der Waals surface area contributed by atoms with Gasteiger partial charge in [-0.2, -0.15) is 0 Å². The predicted octanol–water partition coefficient (Wildman–Crippen LogP) is 4.57. The van der Waals surface area contributed by atoms with E-state index in [9.17, 15) is 4.79 Å². The molecule has 0 bridgehead atoms. The highest BCUT2D eigenvalue weighted by Crippen LogP contribution is 2.43. The normalized spacial score (nSPS) is 21.1. The average Bonchev–Trinajstić information content (AvgIpc) is 3.35. The van der Waals surface area contributed by atoms with Crippen molar-refractivity contribution in [3.8, 4) is 5.75 Å². The first kappa shape index (κ1) is 26.4. The number of halogens is 1. The summed E-state index contributed by atoms with van der Waals surface area (Å²) < 4.78 is 18.8. The summed E-state index contributed by atoms with van der Waals surface area (Å²) in [7, 11) is 0. The van der Waals surface area contributed by atoms with Crippen molar-refractivity contribution in [2.24, 2.45) is 4.99 Å². The zero-order valence-electron chi connectivity index (χ0n) is 21.1. The van der Waals surface area contributed by atoms with Crippen LogP contribution >= 0.6 is 15.9 Å². The van der Waals surface area contributed by atoms with Gasteiger partial charge in [0, 0.05) is 42.6 Å². The van der Waals surface area contributed by atoms with Crippen molar-refractivity contribution in [1.82, 2.24) is 4.90 Å². The molecule has 3 aromatic carbocycles. The van der Waals surface area contributed by atoms with Crippen molar-refractivity contribution in [3.05, 3.63) is 100 Å². The van der Waals surface area contributed by atoms with Crippen LogP contribution in [0.25, 0.3) is 0 Å². The number of hydrogen-bond acceptors (Lipinski definition) is 6. The van der Waals surface area contributed by atoms with Gasteiger partial charge >= 0.3 is 0 Å². The Labute approximate surface area is 231 Å². The van der Waals surface area contributed by atoms with Gasteiger partial charge in [0.25, 0.3) is 5.91 Å². The average molecular weight is 579 g/mol. The smallest absolute Gasteiger partial charge is 0.255 e. The van der Waals surface area contributed by atoms with E-state index in [4.69, 9.17) is 24.3 Å². The largest absolute Gasteiger partial charge is 0.494 e. The van der Waals surface area contributed by atoms with Crippen LogP contribution in [0.1, 0.15) is 29.2 Å². The Morgan fingerprint density at radius 3 is 2.42 bits per heavy atom. The van der Waals surface area contributed by atoms with Crippen molar-refractivity contribution in [3.63, 3.8) is 0 Å². The number of carbonyl (C=O) groups excluding carboxylic acids is 1. The van der Waals surface area contributed by atoms with Gasteiger partial charge in [0.15, 0.2) is 11.6 Å². The summed E-state index contributed by atoms with van der Waals surface area (Å²) >= 11 is 3.51. The van der Waals surface area contributed by atoms with Crippen molar-refractivity contribution >= 4 is 27.7 Å². The number of amides is 1. The molecule has 1 saturated heterocycles. The van der Waals surface area contributed by atoms with Crippen LogP contribution in [0.3, 0.4) is 0 Å². The third-order valence-electron chi connectivity index (χ3n) is 6.79. The fraction of sp³-hybridized carbons (Fsp3) is 0.333. The van der Waals surface area contributed by atoms with E-state index in [1.807, 2.05) is 83.8 Å². The Kier molecular flexibility index (Phi) is 8.42. The third kappa shape index (κ3) is 5.77. The van der Waals surface area contributed by atoms with E-state index in [1.165, 1.54) is 0 Å². The standard InChI is InChI=1S/C30H31BrN2O5/c31-25-11-7-22(8-12-25)21-30(29(35)33-15-19-36-20-16-33)27(23-5-2-1-3-6-23)38-28(32-30)24-9-13-26(14-10-24)37-18-4-17-34/h1-3,5-14,27,34H,4,15-21H2/t27-,30-/m1/s1. The molecular weight excluding hydrogens is 548 g/mol. The molecular formula is C30H31BrN2O5. The Bertz CT molecular complexity index is 1240. The summed E-state index contributed by atoms with van der Waals surface area (Å²) in [4.78, 5) is 21.4. The Balaban J connectivity index is 1.56. The fourth-order valence-electron chi connectivity index (χ4n) is 4.85. The monoisotopic (exact) mass is 578 g/mol. The first-order chi connectivity index (χ1) is 18.6. The molecule has 0 saturated carbocycles. The Morgan fingerprint density at radius 2 is 1.74 bits per heavy atom. The molecule has 2 aliphatic heterocycles. The molecule has 1 amide bonds. The molecule has 198 valence electrons. The summed E-state index contributed by atoms with van der Waals surface area (Å²) in [5.41, 5.74) is 1.48. The first-order valence-corrected chi connectivity index (χ1v) is 13.7. The van der Waals surface area contributed by atoms with Crippen LogP contribution < -0.4 is 4.74 Å². The summed E-state index contributed by atoms with van der Waals surface area (Å²) in [5.74, 6) is 1.07. The van der Waals surface area contributed by atoms with Gasteiger partial charge < -0.3 is 24.2 Å². The SMILES string of the molecule is O=C(N1CCOCC1)[C@]1(Cc2ccc(Br)cc2)N=C(c2ccc(OCCCO)cc2)O[C@@H]1c1ccccc1. The quantitative estimate of drug-likeness (QED) is 0.376. The molecule has 1 fully saturated rings. The lowest BCUT2D eigenvalue weighted by Crippen LogP contribution is -2.54. The maximum Gasteiger partial charge on any atom is 0.255 e. The van der Waals surface area contributed by atoms with Gasteiger partial charge in [0.05, 0.1) is 19.8 Å². The number of aliphatic hydroxyl groups excluding tert-OH is 1. The minimum Gasteiger partial charge on any atom is -0.494 e. The third-order valence-corrected chi connectivity index (χ3v) is 7.32. The second-order valence-electron chi connectivity index (χ2n) is 9.41. The molecule has 1 N–H and O–H groups in total. The zero-order valence-corrected chi connectivity index (χ0v) is 22.7. The van der Waals surface area contributed by atoms with Crippen LogP contribution in [0.4, 0.5) is 0 Å². The molecule has 0 aliphatic carbocycles. The van der Waals surface area contributed by atoms with E-state index in [0.29, 0.717) is 57.4 Å². The van der Waals surface area contributed by atoms with Crippen LogP contribution in [0, 0.1) is 0 Å². The van der Waals surface area contributed by atoms with Gasteiger partial charge in [-0.25, -0.2) is 4.99 Å². The highest BCUT2D eigenvalue weighted by molar-refractivity contribution is 9.10. The number of morpholine rings is 1. The zero-order chi connectivity index (χ0) is 26.4. The van der Waals surface area contributed by atoms with E-state index in [1.54, 1.807) is 0 Å². The molecule has 2 heterocycles. The van der Waals surface area contributed by atoms with Crippen LogP contribution in [0.15, 0.2) is 88.3 Å². The summed E-state index contributed by atoms with van der Waals surface area (Å²) in [6.07, 6.45) is 0.360. The minimum absolute atomic E-state index is 0.0588.